The fourth-order valence-corrected chi connectivity index (χ4v) is 0. The summed E-state index contributed by atoms with van der Waals surface area (Å²) in [6.45, 7) is 4.69. The highest BCUT2D eigenvalue weighted by molar-refractivity contribution is 7.59. The zero-order valence-electron chi connectivity index (χ0n) is 12.8. The van der Waals surface area contributed by atoms with Gasteiger partial charge in [0.25, 0.3) is 0 Å². The molecule has 0 N–H and O–H groups in total. The summed E-state index contributed by atoms with van der Waals surface area (Å²) in [7, 11) is -3.36. The molecule has 0 bridgehead atoms. The first kappa shape index (κ1) is 237. The van der Waals surface area contributed by atoms with Gasteiger partial charge in [-0.25, -0.2) is 0 Å². The van der Waals surface area contributed by atoms with Crippen LogP contribution in [0.15, 0.2) is 0 Å². The Morgan fingerprint density at radius 2 is 0.367 bits per heavy atom. The Hall–Kier alpha value is 2.85. The summed E-state index contributed by atoms with van der Waals surface area (Å²) < 4.78 is 37.9. The van der Waals surface area contributed by atoms with Crippen molar-refractivity contribution in [3.63, 3.8) is 0 Å². The molecule has 0 aliphatic heterocycles. The number of rotatable bonds is 0. The Morgan fingerprint density at radius 3 is 0.367 bits per heavy atom. The molecule has 5 unspecified atom stereocenters. The Labute approximate surface area is 249 Å². The van der Waals surface area contributed by atoms with Crippen molar-refractivity contribution < 1.29 is 0 Å². The van der Waals surface area contributed by atoms with Crippen molar-refractivity contribution in [3.05, 3.63) is 0 Å². The van der Waals surface area contributed by atoms with Gasteiger partial charge in [0.2, 0.25) is 0 Å². The average Bonchev–Trinajstić information content (AvgIpc) is 1.54. The van der Waals surface area contributed by atoms with Crippen molar-refractivity contribution in [3.8, 4) is 0 Å². The molecule has 0 aromatic rings. The fraction of sp³-hybridized carbons (Fsp3) is 1.00. The molecule has 5 atom stereocenters. The minimum absolute atomic E-state index is 0. The summed E-state index contributed by atoms with van der Waals surface area (Å²) in [5.74, 6) is 0. The molecule has 0 saturated carbocycles. The van der Waals surface area contributed by atoms with Crippen LogP contribution < -0.4 is 0 Å². The summed E-state index contributed by atoms with van der Waals surface area (Å²) >= 11 is 0. The van der Waals surface area contributed by atoms with Gasteiger partial charge < -0.3 is 0 Å². The van der Waals surface area contributed by atoms with Crippen molar-refractivity contribution in [2.45, 2.75) is 149 Å². The van der Waals surface area contributed by atoms with Gasteiger partial charge in [-0.1, -0.05) is 169 Å². The monoisotopic (exact) mass is 610 g/mol. The maximum atomic E-state index is 6.31. The third kappa shape index (κ3) is 3380. The first-order chi connectivity index (χ1) is 5.20. The average molecular weight is 610 g/mol. The maximum Gasteiger partial charge on any atom is 0.0543 e. The zero-order valence-corrected chi connectivity index (χ0v) is 14.3. The minimum Gasteiger partial charge on any atom is -0.197 e. The van der Waals surface area contributed by atoms with Gasteiger partial charge in [-0.3, -0.25) is 0 Å². The van der Waals surface area contributed by atoms with Crippen molar-refractivity contribution in [1.29, 1.82) is 7.67 Å². The van der Waals surface area contributed by atoms with Gasteiger partial charge in [0.1, 0.15) is 0 Å². The smallest absolute Gasteiger partial charge is 0.0543 e. The van der Waals surface area contributed by atoms with E-state index in [4.69, 9.17) is 7.67 Å². The molecule has 0 aliphatic rings. The Bertz CT molecular complexity index is 81.5. The predicted octanol–water partition coefficient (Wildman–Crippen LogP) is 14.5. The molecule has 0 heterocycles. The van der Waals surface area contributed by atoms with E-state index in [0.29, 0.717) is 0 Å². The van der Waals surface area contributed by atoms with Gasteiger partial charge in [-0.05, 0) is 0 Å². The Kier molecular flexibility index (Phi) is 29500. The number of hydrogen-bond donors (Lipinski definition) is 0. The first-order valence-corrected chi connectivity index (χ1v) is 4.02. The van der Waals surface area contributed by atoms with Crippen LogP contribution in [0.1, 0.15) is 149 Å². The van der Waals surface area contributed by atoms with E-state index in [0.717, 1.165) is 0 Å². The molecule has 0 aliphatic carbocycles. The van der Waals surface area contributed by atoms with Crippen LogP contribution in [0.25, 0.3) is 0 Å². The molecule has 30 heavy (non-hydrogen) atoms. The first-order valence-electron chi connectivity index (χ1n) is 4.02. The van der Waals surface area contributed by atoms with Crippen molar-refractivity contribution in [1.82, 2.24) is 0 Å². The second-order valence-electron chi connectivity index (χ2n) is 0. The van der Waals surface area contributed by atoms with Gasteiger partial charge in [-0.2, -0.15) is 46.8 Å². The van der Waals surface area contributed by atoms with Crippen LogP contribution in [0.5, 0.6) is 0 Å². The lowest BCUT2D eigenvalue weighted by atomic mass is 12.0. The second kappa shape index (κ2) is 3730. The van der Waals surface area contributed by atoms with E-state index in [1.165, 1.54) is 0 Å². The van der Waals surface area contributed by atoms with Crippen LogP contribution in [0.3, 0.4) is 0 Å². The molecule has 0 aromatic heterocycles. The van der Waals surface area contributed by atoms with E-state index in [1.54, 1.807) is 20.0 Å². The third-order valence-electron chi connectivity index (χ3n) is 0. The van der Waals surface area contributed by atoms with Crippen LogP contribution in [-0.2, 0) is 0 Å². The van der Waals surface area contributed by atoms with Gasteiger partial charge in [0, 0.05) is 0 Å². The summed E-state index contributed by atoms with van der Waals surface area (Å²) in [5, 5.41) is 0. The molecule has 0 amide bonds. The van der Waals surface area contributed by atoms with Gasteiger partial charge in [0.05, 0.1) is 7.67 Å². The van der Waals surface area contributed by atoms with Crippen molar-refractivity contribution in [2.75, 3.05) is 20.0 Å². The fourth-order valence-electron chi connectivity index (χ4n) is 0. The molecule has 0 aromatic carbocycles. The molecule has 234 valence electrons. The minimum atomic E-state index is -1.12. The van der Waals surface area contributed by atoms with Crippen LogP contribution in [0, 0.1) is 0 Å². The lowest BCUT2D eigenvalue weighted by Crippen LogP contribution is -0.804. The van der Waals surface area contributed by atoms with Gasteiger partial charge in [-0.15, -0.1) is 27.4 Å². The van der Waals surface area contributed by atoms with Crippen LogP contribution in [0.4, 0.5) is 0 Å². The van der Waals surface area contributed by atoms with Gasteiger partial charge in [0.15, 0.2) is 0 Å². The molecule has 0 nitrogen and oxygen atoms in total. The van der Waals surface area contributed by atoms with E-state index in [-0.39, 0.29) is 195 Å². The Balaban J connectivity index is -0.00000000101. The number of hydrogen-bond acceptors (Lipinski definition) is 0. The highest BCUT2D eigenvalue weighted by Crippen LogP contribution is 1.47. The normalized spacial score (nSPS) is 6.50. The van der Waals surface area contributed by atoms with Gasteiger partial charge >= 0.3 is 0 Å². The van der Waals surface area contributed by atoms with E-state index in [1.807, 2.05) is 0 Å². The molecular formula is C23H105P5S2. The summed E-state index contributed by atoms with van der Waals surface area (Å²) in [6.07, 6.45) is 0. The molecule has 0 radical (unpaired) electrons. The Morgan fingerprint density at radius 1 is 0.367 bits per heavy atom. The third-order valence-corrected chi connectivity index (χ3v) is 0. The highest BCUT2D eigenvalue weighted by Gasteiger charge is 0.910. The summed E-state index contributed by atoms with van der Waals surface area (Å²) in [5.41, 5.74) is 0. The lowest BCUT2D eigenvalue weighted by Gasteiger charge is -1.10. The molecule has 0 rings (SSSR count). The van der Waals surface area contributed by atoms with Crippen LogP contribution in [-0.4, -0.2) is 27.7 Å². The molecule has 0 fully saturated rings. The van der Waals surface area contributed by atoms with E-state index >= 15 is 0 Å². The zero-order chi connectivity index (χ0) is 10.7. The molecule has 0 spiro atoms. The molecule has 7 heteroatoms. The van der Waals surface area contributed by atoms with Crippen LogP contribution in [0.2, 0.25) is 0 Å². The quantitative estimate of drug-likeness (QED) is 0.240. The molecule has 0 saturated heterocycles. The summed E-state index contributed by atoms with van der Waals surface area (Å²) in [4.78, 5) is 0. The standard InChI is InChI=1S/3CH5P.20CH4.2H3P.2H2S/c3*1-2;;;;;;;;;;;;;;;;;;;;;;;;/h3*2H2,1H3;20*1H4;2*1H3;2*1H2/i3*2TD;;;;;;;;;;;;;;;;;;;;;;;;. The van der Waals surface area contributed by atoms with Crippen molar-refractivity contribution in [2.24, 2.45) is 0 Å². The topological polar surface area (TPSA) is 0 Å². The summed E-state index contributed by atoms with van der Waals surface area (Å²) in [6, 6.07) is 0. The lowest BCUT2D eigenvalue weighted by molar-refractivity contribution is 2.50. The SMILES string of the molecule is C.C.C.C.C.C.C.C.C.C.C.C.C.C.C.C.C.C.C.C.P.P.S.S.[2H]P([3H])C.[2H]P([3H])C.[2H]P([3H])C. The predicted molar refractivity (Wildman–Crippen MR) is 224 cm³/mol. The highest BCUT2D eigenvalue weighted by atomic mass is 32.1. The van der Waals surface area contributed by atoms with E-state index in [2.05, 4.69) is 0 Å². The second-order valence-corrected chi connectivity index (χ2v) is 0. The molecular weight excluding hydrogens is 495 g/mol. The van der Waals surface area contributed by atoms with E-state index in [9.17, 15) is 0 Å². The van der Waals surface area contributed by atoms with E-state index < -0.39 is 27.4 Å². The van der Waals surface area contributed by atoms with Crippen molar-refractivity contribution >= 4 is 74.2 Å². The largest absolute Gasteiger partial charge is 0.197 e. The maximum absolute atomic E-state index is 6.31. The van der Waals surface area contributed by atoms with Crippen LogP contribution >= 0.6 is 74.2 Å².